The lowest BCUT2D eigenvalue weighted by Crippen LogP contribution is -2.55. The molecule has 1 aromatic carbocycles. The molecule has 3 aliphatic heterocycles. The maximum absolute atomic E-state index is 12.6. The van der Waals surface area contributed by atoms with Gasteiger partial charge in [-0.3, -0.25) is 4.90 Å². The van der Waals surface area contributed by atoms with Crippen molar-refractivity contribution in [3.63, 3.8) is 0 Å². The number of piperidine rings is 1. The number of amides is 1. The predicted octanol–water partition coefficient (Wildman–Crippen LogP) is 4.98. The topological polar surface area (TPSA) is 88.3 Å². The molecule has 0 saturated carbocycles. The van der Waals surface area contributed by atoms with Crippen molar-refractivity contribution in [1.82, 2.24) is 29.4 Å². The average molecular weight is 548 g/mol. The number of carbonyl (C=O) groups excluding carboxylic acids is 1. The molecule has 214 valence electrons. The number of likely N-dealkylation sites (tertiary alicyclic amines) is 2. The highest BCUT2D eigenvalue weighted by Crippen LogP contribution is 2.41. The third kappa shape index (κ3) is 5.26. The summed E-state index contributed by atoms with van der Waals surface area (Å²) >= 11 is 0. The summed E-state index contributed by atoms with van der Waals surface area (Å²) in [4.78, 5) is 28.3. The van der Waals surface area contributed by atoms with Gasteiger partial charge >= 0.3 is 6.09 Å². The molecular weight excluding hydrogens is 506 g/mol. The summed E-state index contributed by atoms with van der Waals surface area (Å²) in [5.41, 5.74) is 2.55. The predicted molar refractivity (Wildman–Crippen MR) is 153 cm³/mol. The maximum atomic E-state index is 12.6. The molecule has 10 heteroatoms. The zero-order chi connectivity index (χ0) is 27.9. The summed E-state index contributed by atoms with van der Waals surface area (Å²) in [5.74, 6) is 0.716. The highest BCUT2D eigenvalue weighted by Gasteiger charge is 2.45. The van der Waals surface area contributed by atoms with E-state index in [1.54, 1.807) is 6.33 Å². The van der Waals surface area contributed by atoms with Gasteiger partial charge in [-0.25, -0.2) is 14.8 Å². The summed E-state index contributed by atoms with van der Waals surface area (Å²) in [6, 6.07) is 10.1. The van der Waals surface area contributed by atoms with Crippen LogP contribution < -0.4 is 4.90 Å². The Bertz CT molecular complexity index is 1330. The number of para-hydroxylation sites is 1. The van der Waals surface area contributed by atoms with Gasteiger partial charge in [-0.2, -0.15) is 9.61 Å². The molecule has 3 aromatic rings. The Hall–Kier alpha value is -3.24. The fourth-order valence-corrected chi connectivity index (χ4v) is 6.64. The van der Waals surface area contributed by atoms with E-state index in [0.29, 0.717) is 5.95 Å². The van der Waals surface area contributed by atoms with E-state index < -0.39 is 5.60 Å². The summed E-state index contributed by atoms with van der Waals surface area (Å²) in [5, 5.41) is 4.67. The first kappa shape index (κ1) is 27.0. The molecule has 3 saturated heterocycles. The highest BCUT2D eigenvalue weighted by molar-refractivity contribution is 5.68. The molecule has 2 atom stereocenters. The monoisotopic (exact) mass is 547 g/mol. The van der Waals surface area contributed by atoms with E-state index >= 15 is 0 Å². The zero-order valence-corrected chi connectivity index (χ0v) is 24.1. The van der Waals surface area contributed by atoms with Crippen LogP contribution in [-0.2, 0) is 9.47 Å². The second kappa shape index (κ2) is 10.6. The number of hydrogen-bond acceptors (Lipinski definition) is 8. The normalized spacial score (nSPS) is 23.2. The molecule has 6 rings (SSSR count). The Morgan fingerprint density at radius 1 is 1.10 bits per heavy atom. The number of aromatic nitrogens is 4. The largest absolute Gasteiger partial charge is 0.444 e. The van der Waals surface area contributed by atoms with Crippen molar-refractivity contribution in [1.29, 1.82) is 0 Å². The Morgan fingerprint density at radius 3 is 2.62 bits per heavy atom. The number of anilines is 2. The summed E-state index contributed by atoms with van der Waals surface area (Å²) in [6.45, 7) is 9.29. The minimum absolute atomic E-state index is 0.0279. The molecule has 0 aliphatic carbocycles. The van der Waals surface area contributed by atoms with Gasteiger partial charge in [0.25, 0.3) is 0 Å². The van der Waals surface area contributed by atoms with Crippen molar-refractivity contribution in [2.24, 2.45) is 0 Å². The summed E-state index contributed by atoms with van der Waals surface area (Å²) in [6.07, 6.45) is 9.79. The number of carbonyl (C=O) groups is 1. The van der Waals surface area contributed by atoms with Gasteiger partial charge in [-0.1, -0.05) is 18.2 Å². The average Bonchev–Trinajstić information content (AvgIpc) is 3.67. The fraction of sp³-hybridized carbons (Fsp3) is 0.600. The lowest BCUT2D eigenvalue weighted by Gasteiger charge is -2.45. The first-order valence-electron chi connectivity index (χ1n) is 14.6. The van der Waals surface area contributed by atoms with Crippen molar-refractivity contribution in [2.45, 2.75) is 82.6 Å². The number of fused-ring (bicyclic) bond motifs is 1. The Labute approximate surface area is 236 Å². The molecule has 2 unspecified atom stereocenters. The van der Waals surface area contributed by atoms with E-state index in [1.807, 2.05) is 66.5 Å². The lowest BCUT2D eigenvalue weighted by molar-refractivity contribution is -0.0206. The van der Waals surface area contributed by atoms with Crippen molar-refractivity contribution in [3.8, 4) is 0 Å². The number of hydrogen-bond donors (Lipinski definition) is 0. The number of benzene rings is 1. The van der Waals surface area contributed by atoms with Gasteiger partial charge in [-0.05, 0) is 78.0 Å². The zero-order valence-electron chi connectivity index (χ0n) is 24.1. The van der Waals surface area contributed by atoms with Gasteiger partial charge in [0.1, 0.15) is 11.9 Å². The van der Waals surface area contributed by atoms with Crippen LogP contribution >= 0.6 is 0 Å². The first-order chi connectivity index (χ1) is 19.2. The third-order valence-electron chi connectivity index (χ3n) is 8.72. The third-order valence-corrected chi connectivity index (χ3v) is 8.72. The van der Waals surface area contributed by atoms with E-state index in [2.05, 4.69) is 32.1 Å². The van der Waals surface area contributed by atoms with Crippen molar-refractivity contribution in [3.05, 3.63) is 48.4 Å². The molecule has 3 aliphatic rings. The van der Waals surface area contributed by atoms with Crippen LogP contribution in [0.15, 0.2) is 42.9 Å². The minimum atomic E-state index is -0.464. The molecule has 0 bridgehead atoms. The van der Waals surface area contributed by atoms with Crippen LogP contribution in [0.2, 0.25) is 0 Å². The van der Waals surface area contributed by atoms with Crippen LogP contribution in [0.1, 0.15) is 71.0 Å². The maximum Gasteiger partial charge on any atom is 0.410 e. The van der Waals surface area contributed by atoms with Gasteiger partial charge in [0.15, 0.2) is 5.65 Å². The second-order valence-corrected chi connectivity index (χ2v) is 12.5. The molecule has 10 nitrogen and oxygen atoms in total. The molecule has 5 heterocycles. The summed E-state index contributed by atoms with van der Waals surface area (Å²) in [7, 11) is 1.99. The van der Waals surface area contributed by atoms with Gasteiger partial charge in [-0.15, -0.1) is 0 Å². The van der Waals surface area contributed by atoms with Crippen LogP contribution in [0.3, 0.4) is 0 Å². The Kier molecular flexibility index (Phi) is 7.16. The second-order valence-electron chi connectivity index (χ2n) is 12.5. The number of rotatable bonds is 5. The molecular formula is C30H41N7O3. The van der Waals surface area contributed by atoms with Crippen molar-refractivity contribution in [2.75, 3.05) is 38.1 Å². The SMILES string of the molecule is CN(c1ccccc1)c1ncnc2c(C3CCC(CN4CCCC45CCN(C(=O)OC(C)(C)C)CC5)O3)cnn12. The highest BCUT2D eigenvalue weighted by atomic mass is 16.6. The molecule has 0 radical (unpaired) electrons. The Morgan fingerprint density at radius 2 is 1.88 bits per heavy atom. The van der Waals surface area contributed by atoms with Crippen molar-refractivity contribution >= 4 is 23.4 Å². The Balaban J connectivity index is 1.10. The molecule has 2 aromatic heterocycles. The fourth-order valence-electron chi connectivity index (χ4n) is 6.64. The van der Waals surface area contributed by atoms with E-state index in [9.17, 15) is 4.79 Å². The molecule has 40 heavy (non-hydrogen) atoms. The van der Waals surface area contributed by atoms with E-state index in [1.165, 1.54) is 12.8 Å². The minimum Gasteiger partial charge on any atom is -0.444 e. The van der Waals surface area contributed by atoms with Gasteiger partial charge in [0, 0.05) is 43.5 Å². The van der Waals surface area contributed by atoms with Gasteiger partial charge in [0.2, 0.25) is 5.95 Å². The quantitative estimate of drug-likeness (QED) is 0.442. The van der Waals surface area contributed by atoms with Gasteiger partial charge < -0.3 is 19.3 Å². The van der Waals surface area contributed by atoms with E-state index in [-0.39, 0.29) is 23.8 Å². The molecule has 1 spiro atoms. The van der Waals surface area contributed by atoms with Crippen LogP contribution in [0.25, 0.3) is 5.65 Å². The van der Waals surface area contributed by atoms with Crippen molar-refractivity contribution < 1.29 is 14.3 Å². The first-order valence-corrected chi connectivity index (χ1v) is 14.6. The molecule has 1 amide bonds. The molecule has 3 fully saturated rings. The number of ether oxygens (including phenoxy) is 2. The van der Waals surface area contributed by atoms with E-state index in [4.69, 9.17) is 9.47 Å². The van der Waals surface area contributed by atoms with Gasteiger partial charge in [0.05, 0.1) is 18.4 Å². The van der Waals surface area contributed by atoms with Crippen LogP contribution in [0.5, 0.6) is 0 Å². The lowest BCUT2D eigenvalue weighted by atomic mass is 9.85. The van der Waals surface area contributed by atoms with Crippen LogP contribution in [0, 0.1) is 0 Å². The van der Waals surface area contributed by atoms with E-state index in [0.717, 1.165) is 68.8 Å². The standard InChI is InChI=1S/C30H41N7O3/c1-29(2,3)40-28(38)35-17-14-30(15-18-35)13-8-16-36(30)20-23-11-12-25(39-23)24-19-33-37-26(24)31-21-32-27(37)34(4)22-9-6-5-7-10-22/h5-7,9-10,19,21,23,25H,8,11-18,20H2,1-4H3. The van der Waals surface area contributed by atoms with Crippen LogP contribution in [0.4, 0.5) is 16.4 Å². The smallest absolute Gasteiger partial charge is 0.410 e. The van der Waals surface area contributed by atoms with Crippen LogP contribution in [-0.4, -0.2) is 85.9 Å². The molecule has 0 N–H and O–H groups in total. The summed E-state index contributed by atoms with van der Waals surface area (Å²) < 4.78 is 14.1. The number of nitrogens with zero attached hydrogens (tertiary/aromatic N) is 7.